The number of halogens is 1. The number of aryl methyl sites for hydroxylation is 2. The summed E-state index contributed by atoms with van der Waals surface area (Å²) >= 11 is 6.14. The third kappa shape index (κ3) is 3.46. The smallest absolute Gasteiger partial charge is 0.287 e. The van der Waals surface area contributed by atoms with Crippen molar-refractivity contribution >= 4 is 28.5 Å². The summed E-state index contributed by atoms with van der Waals surface area (Å²) in [6.45, 7) is 3.89. The standard InChI is InChI=1S/C20H20ClNO2/c1-13(11-12-15-7-4-3-5-8-15)22-20(23)18-14(2)16-9-6-10-17(21)19(16)24-18/h3-10,13H,11-12H2,1-2H3,(H,22,23)/t13-/m1/s1. The first-order valence-corrected chi connectivity index (χ1v) is 8.46. The highest BCUT2D eigenvalue weighted by Crippen LogP contribution is 2.30. The number of rotatable bonds is 5. The Morgan fingerprint density at radius 3 is 2.62 bits per heavy atom. The van der Waals surface area contributed by atoms with Crippen molar-refractivity contribution in [3.05, 3.63) is 70.4 Å². The first kappa shape index (κ1) is 16.6. The number of para-hydroxylation sites is 1. The zero-order valence-electron chi connectivity index (χ0n) is 13.8. The zero-order chi connectivity index (χ0) is 17.1. The lowest BCUT2D eigenvalue weighted by atomic mass is 10.1. The molecule has 1 aromatic heterocycles. The van der Waals surface area contributed by atoms with Crippen LogP contribution in [0.3, 0.4) is 0 Å². The summed E-state index contributed by atoms with van der Waals surface area (Å²) in [4.78, 5) is 12.5. The number of furan rings is 1. The molecule has 1 heterocycles. The number of nitrogens with one attached hydrogen (secondary N) is 1. The summed E-state index contributed by atoms with van der Waals surface area (Å²) < 4.78 is 5.71. The second-order valence-corrected chi connectivity index (χ2v) is 6.48. The van der Waals surface area contributed by atoms with Crippen molar-refractivity contribution in [1.29, 1.82) is 0 Å². The van der Waals surface area contributed by atoms with E-state index >= 15 is 0 Å². The van der Waals surface area contributed by atoms with Crippen LogP contribution in [0.15, 0.2) is 52.9 Å². The molecule has 0 unspecified atom stereocenters. The molecule has 1 atom stereocenters. The lowest BCUT2D eigenvalue weighted by molar-refractivity contribution is 0.0911. The highest BCUT2D eigenvalue weighted by Gasteiger charge is 2.20. The molecule has 4 heteroatoms. The number of carbonyl (C=O) groups excluding carboxylic acids is 1. The second kappa shape index (κ2) is 7.10. The molecule has 1 N–H and O–H groups in total. The van der Waals surface area contributed by atoms with Crippen LogP contribution in [0.25, 0.3) is 11.0 Å². The number of amides is 1. The van der Waals surface area contributed by atoms with Gasteiger partial charge in [0.15, 0.2) is 11.3 Å². The maximum absolute atomic E-state index is 12.5. The lowest BCUT2D eigenvalue weighted by Gasteiger charge is -2.13. The topological polar surface area (TPSA) is 42.2 Å². The summed E-state index contributed by atoms with van der Waals surface area (Å²) in [6.07, 6.45) is 1.79. The second-order valence-electron chi connectivity index (χ2n) is 6.07. The van der Waals surface area contributed by atoms with Crippen LogP contribution in [-0.4, -0.2) is 11.9 Å². The van der Waals surface area contributed by atoms with Gasteiger partial charge >= 0.3 is 0 Å². The Labute approximate surface area is 146 Å². The van der Waals surface area contributed by atoms with Gasteiger partial charge < -0.3 is 9.73 Å². The third-order valence-electron chi connectivity index (χ3n) is 4.21. The molecule has 1 amide bonds. The molecule has 3 nitrogen and oxygen atoms in total. The van der Waals surface area contributed by atoms with Gasteiger partial charge in [0, 0.05) is 17.0 Å². The van der Waals surface area contributed by atoms with E-state index < -0.39 is 0 Å². The van der Waals surface area contributed by atoms with E-state index in [1.165, 1.54) is 5.56 Å². The molecule has 2 aromatic carbocycles. The quantitative estimate of drug-likeness (QED) is 0.697. The first-order valence-electron chi connectivity index (χ1n) is 8.08. The number of hydrogen-bond acceptors (Lipinski definition) is 2. The van der Waals surface area contributed by atoms with Crippen LogP contribution in [0.1, 0.15) is 35.0 Å². The van der Waals surface area contributed by atoms with Crippen molar-refractivity contribution < 1.29 is 9.21 Å². The fourth-order valence-electron chi connectivity index (χ4n) is 2.81. The van der Waals surface area contributed by atoms with E-state index in [1.807, 2.05) is 44.2 Å². The number of hydrogen-bond donors (Lipinski definition) is 1. The summed E-state index contributed by atoms with van der Waals surface area (Å²) in [5, 5.41) is 4.41. The molecule has 0 fully saturated rings. The maximum Gasteiger partial charge on any atom is 0.287 e. The van der Waals surface area contributed by atoms with Gasteiger partial charge in [-0.25, -0.2) is 0 Å². The summed E-state index contributed by atoms with van der Waals surface area (Å²) in [5.74, 6) is 0.144. The number of carbonyl (C=O) groups is 1. The van der Waals surface area contributed by atoms with Crippen molar-refractivity contribution in [3.63, 3.8) is 0 Å². The number of benzene rings is 2. The molecule has 0 aliphatic carbocycles. The molecule has 0 bridgehead atoms. The predicted octanol–water partition coefficient (Wildman–Crippen LogP) is 5.15. The van der Waals surface area contributed by atoms with Gasteiger partial charge in [-0.15, -0.1) is 0 Å². The maximum atomic E-state index is 12.5. The van der Waals surface area contributed by atoms with Gasteiger partial charge in [-0.1, -0.05) is 54.1 Å². The van der Waals surface area contributed by atoms with Gasteiger partial charge in [0.05, 0.1) is 5.02 Å². The normalized spacial score (nSPS) is 12.3. The van der Waals surface area contributed by atoms with Crippen LogP contribution in [0.2, 0.25) is 5.02 Å². The van der Waals surface area contributed by atoms with E-state index in [2.05, 4.69) is 17.4 Å². The Balaban J connectivity index is 1.68. The molecule has 124 valence electrons. The Morgan fingerprint density at radius 1 is 1.17 bits per heavy atom. The summed E-state index contributed by atoms with van der Waals surface area (Å²) in [6, 6.07) is 15.8. The predicted molar refractivity (Wildman–Crippen MR) is 97.7 cm³/mol. The van der Waals surface area contributed by atoms with E-state index in [1.54, 1.807) is 6.07 Å². The van der Waals surface area contributed by atoms with E-state index in [0.29, 0.717) is 16.4 Å². The first-order chi connectivity index (χ1) is 11.6. The highest BCUT2D eigenvalue weighted by molar-refractivity contribution is 6.35. The van der Waals surface area contributed by atoms with Crippen LogP contribution in [-0.2, 0) is 6.42 Å². The van der Waals surface area contributed by atoms with Crippen molar-refractivity contribution in [2.45, 2.75) is 32.7 Å². The van der Waals surface area contributed by atoms with Crippen molar-refractivity contribution in [3.8, 4) is 0 Å². The molecule has 3 rings (SSSR count). The van der Waals surface area contributed by atoms with E-state index in [4.69, 9.17) is 16.0 Å². The minimum absolute atomic E-state index is 0.0563. The van der Waals surface area contributed by atoms with Gasteiger partial charge in [0.1, 0.15) is 0 Å². The molecule has 3 aromatic rings. The van der Waals surface area contributed by atoms with Crippen LogP contribution < -0.4 is 5.32 Å². The van der Waals surface area contributed by atoms with Gasteiger partial charge in [0.25, 0.3) is 5.91 Å². The van der Waals surface area contributed by atoms with Crippen LogP contribution in [0.4, 0.5) is 0 Å². The molecule has 0 aliphatic heterocycles. The molecule has 0 radical (unpaired) electrons. The van der Waals surface area contributed by atoms with Crippen LogP contribution >= 0.6 is 11.6 Å². The fourth-order valence-corrected chi connectivity index (χ4v) is 3.03. The molecule has 0 spiro atoms. The molecular weight excluding hydrogens is 322 g/mol. The Kier molecular flexibility index (Phi) is 4.91. The van der Waals surface area contributed by atoms with Crippen LogP contribution in [0, 0.1) is 6.92 Å². The third-order valence-corrected chi connectivity index (χ3v) is 4.51. The van der Waals surface area contributed by atoms with Crippen molar-refractivity contribution in [2.24, 2.45) is 0 Å². The van der Waals surface area contributed by atoms with Gasteiger partial charge in [-0.05, 0) is 38.3 Å². The van der Waals surface area contributed by atoms with Gasteiger partial charge in [0.2, 0.25) is 0 Å². The lowest BCUT2D eigenvalue weighted by Crippen LogP contribution is -2.33. The van der Waals surface area contributed by atoms with E-state index in [-0.39, 0.29) is 11.9 Å². The SMILES string of the molecule is Cc1c(C(=O)N[C@H](C)CCc2ccccc2)oc2c(Cl)cccc12. The average molecular weight is 342 g/mol. The molecule has 24 heavy (non-hydrogen) atoms. The summed E-state index contributed by atoms with van der Waals surface area (Å²) in [7, 11) is 0. The van der Waals surface area contributed by atoms with E-state index in [0.717, 1.165) is 23.8 Å². The average Bonchev–Trinajstić information content (AvgIpc) is 2.93. The molecule has 0 aliphatic rings. The van der Waals surface area contributed by atoms with Crippen molar-refractivity contribution in [1.82, 2.24) is 5.32 Å². The highest BCUT2D eigenvalue weighted by atomic mass is 35.5. The molecule has 0 saturated heterocycles. The molecule has 0 saturated carbocycles. The Morgan fingerprint density at radius 2 is 1.92 bits per heavy atom. The minimum atomic E-state index is -0.194. The zero-order valence-corrected chi connectivity index (χ0v) is 14.6. The fraction of sp³-hybridized carbons (Fsp3) is 0.250. The molecular formula is C20H20ClNO2. The van der Waals surface area contributed by atoms with Crippen LogP contribution in [0.5, 0.6) is 0 Å². The Bertz CT molecular complexity index is 855. The largest absolute Gasteiger partial charge is 0.449 e. The van der Waals surface area contributed by atoms with E-state index in [9.17, 15) is 4.79 Å². The Hall–Kier alpha value is -2.26. The van der Waals surface area contributed by atoms with Crippen molar-refractivity contribution in [2.75, 3.05) is 0 Å². The van der Waals surface area contributed by atoms with Gasteiger partial charge in [-0.3, -0.25) is 4.79 Å². The summed E-state index contributed by atoms with van der Waals surface area (Å²) in [5.41, 5.74) is 2.66. The number of fused-ring (bicyclic) bond motifs is 1. The monoisotopic (exact) mass is 341 g/mol. The minimum Gasteiger partial charge on any atom is -0.449 e. The van der Waals surface area contributed by atoms with Gasteiger partial charge in [-0.2, -0.15) is 0 Å².